The van der Waals surface area contributed by atoms with Gasteiger partial charge in [-0.15, -0.1) is 0 Å². The van der Waals surface area contributed by atoms with Gasteiger partial charge in [0.1, 0.15) is 5.75 Å². The lowest BCUT2D eigenvalue weighted by Gasteiger charge is -2.14. The first-order valence-electron chi connectivity index (χ1n) is 11.0. The molecule has 0 aliphatic rings. The van der Waals surface area contributed by atoms with Crippen LogP contribution in [0.15, 0.2) is 30.3 Å². The van der Waals surface area contributed by atoms with Gasteiger partial charge in [-0.25, -0.2) is 0 Å². The van der Waals surface area contributed by atoms with E-state index in [-0.39, 0.29) is 0 Å². The fraction of sp³-hybridized carbons (Fsp3) is 0.600. The normalized spacial score (nSPS) is 11.3. The van der Waals surface area contributed by atoms with Gasteiger partial charge in [0.2, 0.25) is 0 Å². The van der Waals surface area contributed by atoms with Gasteiger partial charge in [0.15, 0.2) is 0 Å². The second-order valence-corrected chi connectivity index (χ2v) is 7.77. The number of phenolic OH excluding ortho intramolecular Hbond substituents is 1. The van der Waals surface area contributed by atoms with Crippen molar-refractivity contribution in [3.63, 3.8) is 0 Å². The van der Waals surface area contributed by atoms with Crippen LogP contribution in [0.2, 0.25) is 0 Å². The van der Waals surface area contributed by atoms with Crippen LogP contribution in [0.5, 0.6) is 5.75 Å². The van der Waals surface area contributed by atoms with Crippen LogP contribution in [0.4, 0.5) is 0 Å². The lowest BCUT2D eigenvalue weighted by molar-refractivity contribution is 0.458. The molecule has 0 spiro atoms. The van der Waals surface area contributed by atoms with Crippen LogP contribution in [0, 0.1) is 0 Å². The lowest BCUT2D eigenvalue weighted by atomic mass is 9.93. The van der Waals surface area contributed by atoms with Crippen molar-refractivity contribution in [1.29, 1.82) is 0 Å². The van der Waals surface area contributed by atoms with Crippen molar-refractivity contribution in [3.05, 3.63) is 41.5 Å². The number of fused-ring (bicyclic) bond motifs is 1. The molecule has 2 aromatic carbocycles. The van der Waals surface area contributed by atoms with E-state index in [0.29, 0.717) is 5.75 Å². The van der Waals surface area contributed by atoms with Crippen LogP contribution in [-0.2, 0) is 12.8 Å². The predicted octanol–water partition coefficient (Wildman–Crippen LogP) is 7.96. The number of unbranched alkanes of at least 4 members (excludes halogenated alkanes) is 9. The Bertz CT molecular complexity index is 644. The van der Waals surface area contributed by atoms with Gasteiger partial charge in [0.05, 0.1) is 0 Å². The number of phenols is 1. The molecule has 144 valence electrons. The second-order valence-electron chi connectivity index (χ2n) is 7.77. The van der Waals surface area contributed by atoms with Crippen molar-refractivity contribution >= 4 is 10.8 Å². The van der Waals surface area contributed by atoms with E-state index in [1.165, 1.54) is 87.0 Å². The maximum absolute atomic E-state index is 10.9. The summed E-state index contributed by atoms with van der Waals surface area (Å²) in [7, 11) is 0. The molecule has 0 atom stereocenters. The molecule has 1 N–H and O–H groups in total. The number of rotatable bonds is 13. The Morgan fingerprint density at radius 1 is 0.692 bits per heavy atom. The largest absolute Gasteiger partial charge is 0.507 e. The Labute approximate surface area is 160 Å². The Morgan fingerprint density at radius 2 is 1.27 bits per heavy atom. The van der Waals surface area contributed by atoms with Gasteiger partial charge in [0, 0.05) is 5.56 Å². The molecule has 0 unspecified atom stereocenters. The third kappa shape index (κ3) is 6.34. The molecule has 0 bridgehead atoms. The van der Waals surface area contributed by atoms with Crippen molar-refractivity contribution in [2.45, 2.75) is 97.3 Å². The van der Waals surface area contributed by atoms with E-state index >= 15 is 0 Å². The van der Waals surface area contributed by atoms with Crippen molar-refractivity contribution < 1.29 is 5.11 Å². The fourth-order valence-electron chi connectivity index (χ4n) is 3.92. The zero-order chi connectivity index (χ0) is 18.6. The molecule has 0 aromatic heterocycles. The number of hydrogen-bond donors (Lipinski definition) is 1. The first-order valence-corrected chi connectivity index (χ1v) is 11.0. The monoisotopic (exact) mass is 354 g/mol. The summed E-state index contributed by atoms with van der Waals surface area (Å²) in [5.74, 6) is 0.577. The first kappa shape index (κ1) is 20.8. The molecule has 0 saturated carbocycles. The van der Waals surface area contributed by atoms with E-state index < -0.39 is 0 Å². The highest BCUT2D eigenvalue weighted by Gasteiger charge is 2.12. The molecule has 0 radical (unpaired) electrons. The van der Waals surface area contributed by atoms with Crippen LogP contribution in [0.3, 0.4) is 0 Å². The maximum Gasteiger partial charge on any atom is 0.122 e. The summed E-state index contributed by atoms with van der Waals surface area (Å²) in [6.45, 7) is 4.52. The molecular weight excluding hydrogens is 316 g/mol. The van der Waals surface area contributed by atoms with Gasteiger partial charge in [0.25, 0.3) is 0 Å². The molecule has 1 nitrogen and oxygen atoms in total. The van der Waals surface area contributed by atoms with Gasteiger partial charge < -0.3 is 5.11 Å². The summed E-state index contributed by atoms with van der Waals surface area (Å²) < 4.78 is 0. The average molecular weight is 355 g/mol. The van der Waals surface area contributed by atoms with E-state index in [0.717, 1.165) is 18.4 Å². The molecule has 2 rings (SSSR count). The first-order chi connectivity index (χ1) is 12.8. The van der Waals surface area contributed by atoms with E-state index in [4.69, 9.17) is 0 Å². The van der Waals surface area contributed by atoms with Crippen molar-refractivity contribution in [1.82, 2.24) is 0 Å². The molecule has 0 aliphatic heterocycles. The molecule has 0 fully saturated rings. The topological polar surface area (TPSA) is 20.2 Å². The van der Waals surface area contributed by atoms with Gasteiger partial charge in [-0.05, 0) is 48.1 Å². The molecule has 0 heterocycles. The van der Waals surface area contributed by atoms with Crippen LogP contribution < -0.4 is 0 Å². The summed E-state index contributed by atoms with van der Waals surface area (Å²) in [5, 5.41) is 13.5. The molecule has 26 heavy (non-hydrogen) atoms. The van der Waals surface area contributed by atoms with Crippen LogP contribution in [0.25, 0.3) is 10.8 Å². The third-order valence-corrected chi connectivity index (χ3v) is 5.54. The summed E-state index contributed by atoms with van der Waals surface area (Å²) in [6.07, 6.45) is 16.2. The fourth-order valence-corrected chi connectivity index (χ4v) is 3.92. The van der Waals surface area contributed by atoms with E-state index in [9.17, 15) is 5.11 Å². The van der Waals surface area contributed by atoms with Crippen molar-refractivity contribution in [2.75, 3.05) is 0 Å². The standard InChI is InChI=1S/C25H38O/c1-3-5-7-9-11-13-19-24-23-18-15-14-16-21(23)20-22(25(24)26)17-12-10-8-6-4-2/h14-16,18,20,26H,3-13,17,19H2,1-2H3. The third-order valence-electron chi connectivity index (χ3n) is 5.54. The Balaban J connectivity index is 2.04. The number of hydrogen-bond acceptors (Lipinski definition) is 1. The lowest BCUT2D eigenvalue weighted by Crippen LogP contribution is -1.95. The number of aromatic hydroxyl groups is 1. The predicted molar refractivity (Wildman–Crippen MR) is 115 cm³/mol. The van der Waals surface area contributed by atoms with Crippen molar-refractivity contribution in [3.8, 4) is 5.75 Å². The van der Waals surface area contributed by atoms with Gasteiger partial charge in [-0.3, -0.25) is 0 Å². The van der Waals surface area contributed by atoms with Gasteiger partial charge in [-0.2, -0.15) is 0 Å². The number of benzene rings is 2. The Morgan fingerprint density at radius 3 is 1.96 bits per heavy atom. The zero-order valence-electron chi connectivity index (χ0n) is 17.0. The zero-order valence-corrected chi connectivity index (χ0v) is 17.0. The second kappa shape index (κ2) is 12.0. The van der Waals surface area contributed by atoms with Gasteiger partial charge >= 0.3 is 0 Å². The van der Waals surface area contributed by atoms with Gasteiger partial charge in [-0.1, -0.05) is 95.9 Å². The highest BCUT2D eigenvalue weighted by Crippen LogP contribution is 2.33. The minimum absolute atomic E-state index is 0.577. The highest BCUT2D eigenvalue weighted by molar-refractivity contribution is 5.88. The molecular formula is C25H38O. The van der Waals surface area contributed by atoms with Crippen LogP contribution in [0.1, 0.15) is 95.6 Å². The minimum atomic E-state index is 0.577. The summed E-state index contributed by atoms with van der Waals surface area (Å²) in [6, 6.07) is 10.8. The van der Waals surface area contributed by atoms with E-state index in [2.05, 4.69) is 44.2 Å². The van der Waals surface area contributed by atoms with Crippen molar-refractivity contribution in [2.24, 2.45) is 0 Å². The molecule has 1 heteroatoms. The summed E-state index contributed by atoms with van der Waals surface area (Å²) in [4.78, 5) is 0. The maximum atomic E-state index is 10.9. The van der Waals surface area contributed by atoms with E-state index in [1.54, 1.807) is 0 Å². The SMILES string of the molecule is CCCCCCCCc1c(O)c(CCCCCCC)cc2ccccc12. The Hall–Kier alpha value is -1.50. The highest BCUT2D eigenvalue weighted by atomic mass is 16.3. The molecule has 0 saturated heterocycles. The summed E-state index contributed by atoms with van der Waals surface area (Å²) in [5.41, 5.74) is 2.34. The molecule has 0 amide bonds. The van der Waals surface area contributed by atoms with Crippen LogP contribution in [-0.4, -0.2) is 5.11 Å². The number of aryl methyl sites for hydroxylation is 2. The Kier molecular flexibility index (Phi) is 9.60. The van der Waals surface area contributed by atoms with Crippen LogP contribution >= 0.6 is 0 Å². The molecule has 0 aliphatic carbocycles. The molecule has 2 aromatic rings. The quantitative estimate of drug-likeness (QED) is 0.362. The minimum Gasteiger partial charge on any atom is -0.507 e. The average Bonchev–Trinajstić information content (AvgIpc) is 2.66. The smallest absolute Gasteiger partial charge is 0.122 e. The van der Waals surface area contributed by atoms with E-state index in [1.807, 2.05) is 0 Å². The summed E-state index contributed by atoms with van der Waals surface area (Å²) >= 11 is 0.